The van der Waals surface area contributed by atoms with Crippen molar-refractivity contribution in [2.75, 3.05) is 37.7 Å². The molecule has 1 fully saturated rings. The molecule has 0 radical (unpaired) electrons. The second-order valence-electron chi connectivity index (χ2n) is 8.91. The Kier molecular flexibility index (Phi) is 5.98. The molecule has 2 aliphatic heterocycles. The molecular weight excluding hydrogens is 479 g/mol. The number of benzene rings is 2. The number of thiazole rings is 1. The van der Waals surface area contributed by atoms with Crippen molar-refractivity contribution in [1.29, 1.82) is 0 Å². The number of amides is 1. The van der Waals surface area contributed by atoms with Crippen LogP contribution in [0.15, 0.2) is 53.9 Å². The number of anilines is 1. The number of hydrogen-bond acceptors (Lipinski definition) is 7. The van der Waals surface area contributed by atoms with Gasteiger partial charge in [-0.05, 0) is 42.3 Å². The maximum atomic E-state index is 13.4. The van der Waals surface area contributed by atoms with Gasteiger partial charge in [-0.15, -0.1) is 21.5 Å². The molecule has 0 saturated carbocycles. The Balaban J connectivity index is 1.19. The van der Waals surface area contributed by atoms with Crippen LogP contribution in [-0.4, -0.2) is 63.4 Å². The van der Waals surface area contributed by atoms with Crippen molar-refractivity contribution >= 4 is 22.4 Å². The second kappa shape index (κ2) is 9.44. The number of morpholine rings is 1. The summed E-state index contributed by atoms with van der Waals surface area (Å²) in [6, 6.07) is 13.5. The number of fused-ring (bicyclic) bond motifs is 1. The number of aromatic nitrogens is 4. The zero-order chi connectivity index (χ0) is 24.6. The minimum Gasteiger partial charge on any atom is -0.378 e. The quantitative estimate of drug-likeness (QED) is 0.413. The standard InChI is InChI=1S/C26H25FN6O2S/c1-17-23-29-30-24(22-16-36-26(28-22)31-12-14-35-15-13-31)33(23)11-10-32(17)25(34)20-4-2-18(3-5-20)19-6-8-21(27)9-7-19/h2-9,16-17H,10-15H2,1H3. The monoisotopic (exact) mass is 504 g/mol. The Morgan fingerprint density at radius 3 is 2.39 bits per heavy atom. The molecule has 184 valence electrons. The SMILES string of the molecule is CC1c2nnc(-c3csc(N4CCOCC4)n3)n2CCN1C(=O)c1ccc(-c2ccc(F)cc2)cc1. The highest BCUT2D eigenvalue weighted by molar-refractivity contribution is 7.14. The first-order valence-electron chi connectivity index (χ1n) is 12.0. The second-order valence-corrected chi connectivity index (χ2v) is 9.74. The first-order chi connectivity index (χ1) is 17.6. The number of carbonyl (C=O) groups excluding carboxylic acids is 1. The highest BCUT2D eigenvalue weighted by Gasteiger charge is 2.32. The van der Waals surface area contributed by atoms with Crippen molar-refractivity contribution in [3.63, 3.8) is 0 Å². The number of ether oxygens (including phenoxy) is 1. The van der Waals surface area contributed by atoms with Crippen LogP contribution in [0.25, 0.3) is 22.6 Å². The Bertz CT molecular complexity index is 1380. The largest absolute Gasteiger partial charge is 0.378 e. The van der Waals surface area contributed by atoms with E-state index in [0.29, 0.717) is 31.9 Å². The normalized spacial score (nSPS) is 17.8. The molecule has 36 heavy (non-hydrogen) atoms. The van der Waals surface area contributed by atoms with E-state index >= 15 is 0 Å². The molecule has 1 unspecified atom stereocenters. The molecule has 1 saturated heterocycles. The van der Waals surface area contributed by atoms with Gasteiger partial charge in [0, 0.05) is 37.1 Å². The van der Waals surface area contributed by atoms with Crippen molar-refractivity contribution in [3.8, 4) is 22.6 Å². The molecule has 4 heterocycles. The molecule has 0 N–H and O–H groups in total. The molecule has 0 spiro atoms. The number of carbonyl (C=O) groups is 1. The first-order valence-corrected chi connectivity index (χ1v) is 12.8. The fraction of sp³-hybridized carbons (Fsp3) is 0.308. The van der Waals surface area contributed by atoms with Crippen molar-refractivity contribution in [2.24, 2.45) is 0 Å². The summed E-state index contributed by atoms with van der Waals surface area (Å²) in [5, 5.41) is 11.9. The molecule has 2 aromatic heterocycles. The van der Waals surface area contributed by atoms with Gasteiger partial charge in [0.2, 0.25) is 0 Å². The van der Waals surface area contributed by atoms with Gasteiger partial charge < -0.3 is 19.1 Å². The summed E-state index contributed by atoms with van der Waals surface area (Å²) in [5.41, 5.74) is 3.25. The third kappa shape index (κ3) is 4.16. The Morgan fingerprint density at radius 2 is 1.67 bits per heavy atom. The molecule has 1 amide bonds. The summed E-state index contributed by atoms with van der Waals surface area (Å²) in [4.78, 5) is 22.2. The molecule has 8 nitrogen and oxygen atoms in total. The van der Waals surface area contributed by atoms with Crippen LogP contribution in [0.1, 0.15) is 29.1 Å². The lowest BCUT2D eigenvalue weighted by molar-refractivity contribution is 0.0638. The molecule has 0 aliphatic carbocycles. The topological polar surface area (TPSA) is 76.4 Å². The van der Waals surface area contributed by atoms with Crippen LogP contribution in [-0.2, 0) is 11.3 Å². The number of rotatable bonds is 4. The summed E-state index contributed by atoms with van der Waals surface area (Å²) in [7, 11) is 0. The Morgan fingerprint density at radius 1 is 0.972 bits per heavy atom. The lowest BCUT2D eigenvalue weighted by atomic mass is 10.0. The maximum absolute atomic E-state index is 13.4. The average molecular weight is 505 g/mol. The maximum Gasteiger partial charge on any atom is 0.254 e. The molecule has 10 heteroatoms. The van der Waals surface area contributed by atoms with Crippen LogP contribution < -0.4 is 4.90 Å². The summed E-state index contributed by atoms with van der Waals surface area (Å²) >= 11 is 1.60. The van der Waals surface area contributed by atoms with E-state index in [1.165, 1.54) is 12.1 Å². The minimum absolute atomic E-state index is 0.0489. The van der Waals surface area contributed by atoms with Gasteiger partial charge in [0.25, 0.3) is 5.91 Å². The number of hydrogen-bond donors (Lipinski definition) is 0. The summed E-state index contributed by atoms with van der Waals surface area (Å²) in [5.74, 6) is 1.18. The molecular formula is C26H25FN6O2S. The van der Waals surface area contributed by atoms with Crippen molar-refractivity contribution in [1.82, 2.24) is 24.6 Å². The van der Waals surface area contributed by atoms with Crippen LogP contribution in [0.4, 0.5) is 9.52 Å². The fourth-order valence-corrected chi connectivity index (χ4v) is 5.59. The van der Waals surface area contributed by atoms with E-state index in [-0.39, 0.29) is 17.8 Å². The minimum atomic E-state index is -0.270. The van der Waals surface area contributed by atoms with Crippen LogP contribution >= 0.6 is 11.3 Å². The molecule has 4 aromatic rings. The third-order valence-electron chi connectivity index (χ3n) is 6.76. The highest BCUT2D eigenvalue weighted by atomic mass is 32.1. The number of nitrogens with zero attached hydrogens (tertiary/aromatic N) is 6. The van der Waals surface area contributed by atoms with Gasteiger partial charge in [0.1, 0.15) is 11.5 Å². The molecule has 2 aliphatic rings. The summed E-state index contributed by atoms with van der Waals surface area (Å²) in [6.45, 7) is 6.24. The summed E-state index contributed by atoms with van der Waals surface area (Å²) in [6.07, 6.45) is 0. The first kappa shape index (κ1) is 22.8. The predicted molar refractivity (Wildman–Crippen MR) is 135 cm³/mol. The van der Waals surface area contributed by atoms with E-state index in [1.807, 2.05) is 41.5 Å². The highest BCUT2D eigenvalue weighted by Crippen LogP contribution is 2.32. The van der Waals surface area contributed by atoms with E-state index < -0.39 is 0 Å². The third-order valence-corrected chi connectivity index (χ3v) is 7.66. The average Bonchev–Trinajstić information content (AvgIpc) is 3.58. The van der Waals surface area contributed by atoms with Crippen molar-refractivity contribution < 1.29 is 13.9 Å². The lowest BCUT2D eigenvalue weighted by Crippen LogP contribution is -2.41. The van der Waals surface area contributed by atoms with Gasteiger partial charge >= 0.3 is 0 Å². The van der Waals surface area contributed by atoms with Crippen molar-refractivity contribution in [2.45, 2.75) is 19.5 Å². The van der Waals surface area contributed by atoms with Gasteiger partial charge in [-0.1, -0.05) is 24.3 Å². The molecule has 0 bridgehead atoms. The van der Waals surface area contributed by atoms with E-state index in [9.17, 15) is 9.18 Å². The van der Waals surface area contributed by atoms with E-state index in [2.05, 4.69) is 19.7 Å². The summed E-state index contributed by atoms with van der Waals surface area (Å²) < 4.78 is 20.7. The van der Waals surface area contributed by atoms with Gasteiger partial charge in [-0.3, -0.25) is 4.79 Å². The fourth-order valence-electron chi connectivity index (χ4n) is 4.73. The van der Waals surface area contributed by atoms with Crippen LogP contribution in [0, 0.1) is 5.82 Å². The van der Waals surface area contributed by atoms with Gasteiger partial charge in [-0.2, -0.15) is 0 Å². The van der Waals surface area contributed by atoms with Gasteiger partial charge in [-0.25, -0.2) is 9.37 Å². The zero-order valence-corrected chi connectivity index (χ0v) is 20.6. The predicted octanol–water partition coefficient (Wildman–Crippen LogP) is 4.26. The van der Waals surface area contributed by atoms with Gasteiger partial charge in [0.15, 0.2) is 16.8 Å². The molecule has 1 atom stereocenters. The van der Waals surface area contributed by atoms with E-state index in [1.54, 1.807) is 23.5 Å². The zero-order valence-electron chi connectivity index (χ0n) is 19.8. The Hall–Kier alpha value is -3.63. The van der Waals surface area contributed by atoms with Crippen molar-refractivity contribution in [3.05, 3.63) is 71.1 Å². The smallest absolute Gasteiger partial charge is 0.254 e. The Labute approximate surface area is 212 Å². The number of halogens is 1. The van der Waals surface area contributed by atoms with E-state index in [0.717, 1.165) is 46.7 Å². The van der Waals surface area contributed by atoms with Gasteiger partial charge in [0.05, 0.1) is 19.3 Å². The van der Waals surface area contributed by atoms with Crippen LogP contribution in [0.3, 0.4) is 0 Å². The van der Waals surface area contributed by atoms with Crippen LogP contribution in [0.2, 0.25) is 0 Å². The molecule has 6 rings (SSSR count). The van der Waals surface area contributed by atoms with E-state index in [4.69, 9.17) is 9.72 Å². The van der Waals surface area contributed by atoms with Crippen LogP contribution in [0.5, 0.6) is 0 Å². The molecule has 2 aromatic carbocycles. The lowest BCUT2D eigenvalue weighted by Gasteiger charge is -2.33.